The van der Waals surface area contributed by atoms with Crippen molar-refractivity contribution in [1.82, 2.24) is 0 Å². The smallest absolute Gasteiger partial charge is 0.238 e. The van der Waals surface area contributed by atoms with Gasteiger partial charge in [0.15, 0.2) is 11.6 Å². The largest absolute Gasteiger partial charge is 0.484 e. The van der Waals surface area contributed by atoms with E-state index >= 15 is 0 Å². The zero-order chi connectivity index (χ0) is 18.5. The minimum Gasteiger partial charge on any atom is -0.484 e. The van der Waals surface area contributed by atoms with Gasteiger partial charge in [-0.3, -0.25) is 0 Å². The third-order valence-corrected chi connectivity index (χ3v) is 6.11. The molecule has 0 amide bonds. The highest BCUT2D eigenvalue weighted by atomic mass is 32.2. The lowest BCUT2D eigenvalue weighted by Gasteiger charge is -2.51. The zero-order valence-electron chi connectivity index (χ0n) is 15.0. The number of rotatable bonds is 5. The molecule has 2 aliphatic heterocycles. The van der Waals surface area contributed by atoms with E-state index in [-0.39, 0.29) is 10.6 Å². The molecule has 3 rings (SSSR count). The summed E-state index contributed by atoms with van der Waals surface area (Å²) in [6.07, 6.45) is 3.58. The maximum atomic E-state index is 14.7. The molecule has 0 aromatic heterocycles. The molecule has 1 saturated heterocycles. The molecule has 1 aromatic carbocycles. The van der Waals surface area contributed by atoms with E-state index in [1.807, 2.05) is 6.92 Å². The summed E-state index contributed by atoms with van der Waals surface area (Å²) >= 11 is 0. The van der Waals surface area contributed by atoms with Gasteiger partial charge in [0.25, 0.3) is 0 Å². The van der Waals surface area contributed by atoms with Gasteiger partial charge in [0, 0.05) is 17.4 Å². The molecule has 25 heavy (non-hydrogen) atoms. The number of ether oxygens (including phenoxy) is 2. The average Bonchev–Trinajstić information content (AvgIpc) is 2.44. The number of nitrogens with two attached hydrogens (primary N) is 1. The predicted octanol–water partition coefficient (Wildman–Crippen LogP) is 3.11. The molecule has 0 radical (unpaired) electrons. The minimum atomic E-state index is -3.98. The Labute approximate surface area is 148 Å². The average molecular weight is 371 g/mol. The number of hydrogen-bond donors (Lipinski definition) is 1. The minimum absolute atomic E-state index is 0.147. The maximum Gasteiger partial charge on any atom is 0.238 e. The lowest BCUT2D eigenvalue weighted by molar-refractivity contribution is -0.113. The lowest BCUT2D eigenvalue weighted by atomic mass is 9.68. The second-order valence-corrected chi connectivity index (χ2v) is 9.68. The second-order valence-electron chi connectivity index (χ2n) is 8.11. The quantitative estimate of drug-likeness (QED) is 0.863. The second kappa shape index (κ2) is 6.21. The van der Waals surface area contributed by atoms with Gasteiger partial charge >= 0.3 is 0 Å². The number of hydrogen-bond acceptors (Lipinski definition) is 4. The topological polar surface area (TPSA) is 78.6 Å². The van der Waals surface area contributed by atoms with E-state index in [9.17, 15) is 12.8 Å². The summed E-state index contributed by atoms with van der Waals surface area (Å²) in [4.78, 5) is -0.220. The van der Waals surface area contributed by atoms with Crippen molar-refractivity contribution in [1.29, 1.82) is 0 Å². The van der Waals surface area contributed by atoms with Gasteiger partial charge in [-0.15, -0.1) is 0 Å². The number of fused-ring (bicyclic) bond motifs is 2. The van der Waals surface area contributed by atoms with Crippen molar-refractivity contribution in [2.45, 2.75) is 62.4 Å². The molecule has 2 aliphatic rings. The first kappa shape index (κ1) is 18.6. The summed E-state index contributed by atoms with van der Waals surface area (Å²) in [5.41, 5.74) is -0.332. The third-order valence-electron chi connectivity index (χ3n) is 5.22. The summed E-state index contributed by atoms with van der Waals surface area (Å²) in [6.45, 7) is 7.24. The van der Waals surface area contributed by atoms with Crippen LogP contribution >= 0.6 is 0 Å². The molecule has 7 heteroatoms. The van der Waals surface area contributed by atoms with E-state index in [1.54, 1.807) is 0 Å². The maximum absolute atomic E-state index is 14.7. The molecule has 2 N–H and O–H groups in total. The van der Waals surface area contributed by atoms with Gasteiger partial charge in [-0.25, -0.2) is 17.9 Å². The van der Waals surface area contributed by atoms with Crippen LogP contribution in [0.5, 0.6) is 5.75 Å². The van der Waals surface area contributed by atoms with E-state index in [0.29, 0.717) is 31.1 Å². The molecule has 5 nitrogen and oxygen atoms in total. The van der Waals surface area contributed by atoms with Crippen LogP contribution in [-0.4, -0.2) is 27.2 Å². The van der Waals surface area contributed by atoms with Crippen LogP contribution in [0.1, 0.15) is 52.0 Å². The van der Waals surface area contributed by atoms with Gasteiger partial charge < -0.3 is 9.47 Å². The Kier molecular flexibility index (Phi) is 4.62. The van der Waals surface area contributed by atoms with Gasteiger partial charge in [0.2, 0.25) is 10.0 Å². The molecule has 1 fully saturated rings. The summed E-state index contributed by atoms with van der Waals surface area (Å²) in [7, 11) is -3.98. The standard InChI is InChI=1S/C18H26FNO4S/c1-12(2)5-4-6-17(3)9-18(10-23-11-18)14-7-13(25(20,21)22)8-15(19)16(14)24-17/h7-8,12H,4-6,9-11H2,1-3H3,(H2,20,21,22). The van der Waals surface area contributed by atoms with E-state index in [0.717, 1.165) is 25.3 Å². The molecule has 140 valence electrons. The molecule has 0 aliphatic carbocycles. The first-order valence-corrected chi connectivity index (χ1v) is 10.2. The Hall–Kier alpha value is -1.18. The first-order chi connectivity index (χ1) is 11.5. The SMILES string of the molecule is CC(C)CCCC1(C)CC2(COC2)c2cc(S(N)(=O)=O)cc(F)c2O1. The van der Waals surface area contributed by atoms with Crippen molar-refractivity contribution in [2.75, 3.05) is 13.2 Å². The molecule has 0 bridgehead atoms. The van der Waals surface area contributed by atoms with Crippen molar-refractivity contribution in [2.24, 2.45) is 11.1 Å². The van der Waals surface area contributed by atoms with Crippen LogP contribution < -0.4 is 9.88 Å². The molecule has 1 aromatic rings. The molecular formula is C18H26FNO4S. The van der Waals surface area contributed by atoms with E-state index < -0.39 is 26.9 Å². The summed E-state index contributed by atoms with van der Waals surface area (Å²) in [5, 5.41) is 5.19. The van der Waals surface area contributed by atoms with Gasteiger partial charge in [-0.2, -0.15) is 0 Å². The number of sulfonamides is 1. The van der Waals surface area contributed by atoms with Crippen LogP contribution in [0.25, 0.3) is 0 Å². The Morgan fingerprint density at radius 2 is 2.00 bits per heavy atom. The van der Waals surface area contributed by atoms with Crippen LogP contribution in [0.3, 0.4) is 0 Å². The van der Waals surface area contributed by atoms with Crippen LogP contribution in [0.15, 0.2) is 17.0 Å². The molecule has 2 heterocycles. The molecule has 1 spiro atoms. The number of benzene rings is 1. The Morgan fingerprint density at radius 1 is 1.32 bits per heavy atom. The summed E-state index contributed by atoms with van der Waals surface area (Å²) in [6, 6.07) is 2.39. The fraction of sp³-hybridized carbons (Fsp3) is 0.667. The highest BCUT2D eigenvalue weighted by Crippen LogP contribution is 2.51. The number of halogens is 1. The van der Waals surface area contributed by atoms with Crippen LogP contribution in [0.4, 0.5) is 4.39 Å². The molecule has 1 atom stereocenters. The van der Waals surface area contributed by atoms with Crippen molar-refractivity contribution < 1.29 is 22.3 Å². The van der Waals surface area contributed by atoms with Crippen molar-refractivity contribution in [3.05, 3.63) is 23.5 Å². The van der Waals surface area contributed by atoms with Crippen molar-refractivity contribution in [3.63, 3.8) is 0 Å². The lowest BCUT2D eigenvalue weighted by Crippen LogP contribution is -2.56. The third kappa shape index (κ3) is 3.55. The molecular weight excluding hydrogens is 345 g/mol. The highest BCUT2D eigenvalue weighted by molar-refractivity contribution is 7.89. The van der Waals surface area contributed by atoms with Gasteiger partial charge in [0.1, 0.15) is 5.60 Å². The predicted molar refractivity (Wildman–Crippen MR) is 92.6 cm³/mol. The molecule has 0 saturated carbocycles. The van der Waals surface area contributed by atoms with E-state index in [2.05, 4.69) is 13.8 Å². The van der Waals surface area contributed by atoms with Crippen molar-refractivity contribution >= 4 is 10.0 Å². The van der Waals surface area contributed by atoms with E-state index in [4.69, 9.17) is 14.6 Å². The normalized spacial score (nSPS) is 24.7. The van der Waals surface area contributed by atoms with Crippen LogP contribution in [0, 0.1) is 11.7 Å². The molecule has 1 unspecified atom stereocenters. The van der Waals surface area contributed by atoms with E-state index in [1.165, 1.54) is 6.07 Å². The van der Waals surface area contributed by atoms with Crippen LogP contribution in [-0.2, 0) is 20.2 Å². The Bertz CT molecular complexity index is 774. The highest BCUT2D eigenvalue weighted by Gasteiger charge is 2.52. The fourth-order valence-electron chi connectivity index (χ4n) is 3.95. The van der Waals surface area contributed by atoms with Gasteiger partial charge in [-0.05, 0) is 37.8 Å². The van der Waals surface area contributed by atoms with Crippen molar-refractivity contribution in [3.8, 4) is 5.75 Å². The fourth-order valence-corrected chi connectivity index (χ4v) is 4.50. The first-order valence-electron chi connectivity index (χ1n) is 8.68. The summed E-state index contributed by atoms with van der Waals surface area (Å²) < 4.78 is 49.5. The van der Waals surface area contributed by atoms with Crippen LogP contribution in [0.2, 0.25) is 0 Å². The summed E-state index contributed by atoms with van der Waals surface area (Å²) in [5.74, 6) is 0.0751. The van der Waals surface area contributed by atoms with Gasteiger partial charge in [-0.1, -0.05) is 20.3 Å². The Morgan fingerprint density at radius 3 is 2.52 bits per heavy atom. The zero-order valence-corrected chi connectivity index (χ0v) is 15.8. The van der Waals surface area contributed by atoms with Gasteiger partial charge in [0.05, 0.1) is 18.1 Å². The Balaban J connectivity index is 1.98. The number of primary sulfonamides is 1. The monoisotopic (exact) mass is 371 g/mol.